The third-order valence-corrected chi connectivity index (χ3v) is 6.49. The molecule has 3 aromatic rings. The highest BCUT2D eigenvalue weighted by Gasteiger charge is 2.21. The van der Waals surface area contributed by atoms with Crippen LogP contribution in [0.5, 0.6) is 5.75 Å². The summed E-state index contributed by atoms with van der Waals surface area (Å²) in [7, 11) is -2.25. The summed E-state index contributed by atoms with van der Waals surface area (Å²) < 4.78 is 35.2. The molecule has 1 amide bonds. The molecule has 3 rings (SSSR count). The van der Waals surface area contributed by atoms with E-state index >= 15 is 0 Å². The first kappa shape index (κ1) is 22.6. The van der Waals surface area contributed by atoms with Crippen molar-refractivity contribution in [1.82, 2.24) is 9.78 Å². The number of aromatic nitrogens is 2. The molecule has 0 bridgehead atoms. The van der Waals surface area contributed by atoms with Crippen LogP contribution in [-0.4, -0.2) is 30.7 Å². The number of carbonyl (C=O) groups is 1. The Morgan fingerprint density at radius 1 is 1.13 bits per heavy atom. The predicted octanol–water partition coefficient (Wildman–Crippen LogP) is 4.14. The molecule has 1 heterocycles. The highest BCUT2D eigenvalue weighted by atomic mass is 35.5. The van der Waals surface area contributed by atoms with Gasteiger partial charge in [0.15, 0.2) is 0 Å². The van der Waals surface area contributed by atoms with Crippen LogP contribution in [0.2, 0.25) is 5.15 Å². The van der Waals surface area contributed by atoms with E-state index in [4.69, 9.17) is 16.3 Å². The second-order valence-electron chi connectivity index (χ2n) is 6.87. The molecule has 0 radical (unpaired) electrons. The summed E-state index contributed by atoms with van der Waals surface area (Å²) in [5.41, 5.74) is 1.97. The van der Waals surface area contributed by atoms with Gasteiger partial charge in [-0.15, -0.1) is 0 Å². The fourth-order valence-electron chi connectivity index (χ4n) is 3.04. The molecule has 0 aliphatic heterocycles. The van der Waals surface area contributed by atoms with Crippen LogP contribution < -0.4 is 14.8 Å². The lowest BCUT2D eigenvalue weighted by Crippen LogP contribution is -2.16. The molecule has 0 saturated heterocycles. The number of rotatable bonds is 7. The molecule has 0 fully saturated rings. The Balaban J connectivity index is 1.85. The van der Waals surface area contributed by atoms with E-state index in [1.54, 1.807) is 57.3 Å². The molecule has 0 spiro atoms. The van der Waals surface area contributed by atoms with Crippen LogP contribution in [0.15, 0.2) is 47.4 Å². The number of nitrogens with zero attached hydrogens (tertiary/aromatic N) is 2. The Kier molecular flexibility index (Phi) is 6.56. The molecule has 31 heavy (non-hydrogen) atoms. The zero-order valence-electron chi connectivity index (χ0n) is 17.6. The number of hydrogen-bond donors (Lipinski definition) is 2. The molecule has 0 aliphatic carbocycles. The van der Waals surface area contributed by atoms with Gasteiger partial charge in [-0.1, -0.05) is 17.7 Å². The van der Waals surface area contributed by atoms with Gasteiger partial charge in [0.1, 0.15) is 10.9 Å². The summed E-state index contributed by atoms with van der Waals surface area (Å²) in [6.45, 7) is 5.74. The Hall–Kier alpha value is -3.04. The zero-order valence-corrected chi connectivity index (χ0v) is 19.1. The topological polar surface area (TPSA) is 102 Å². The minimum Gasteiger partial charge on any atom is -0.494 e. The number of sulfonamides is 1. The number of halogens is 1. The molecule has 2 N–H and O–H groups in total. The van der Waals surface area contributed by atoms with Crippen molar-refractivity contribution in [3.63, 3.8) is 0 Å². The van der Waals surface area contributed by atoms with Crippen molar-refractivity contribution in [3.05, 3.63) is 64.4 Å². The fraction of sp³-hybridized carbons (Fsp3) is 0.238. The maximum atomic E-state index is 13.0. The molecule has 164 valence electrons. The van der Waals surface area contributed by atoms with E-state index in [1.165, 1.54) is 10.7 Å². The molecule has 0 unspecified atom stereocenters. The molecule has 10 heteroatoms. The van der Waals surface area contributed by atoms with E-state index in [9.17, 15) is 13.2 Å². The maximum absolute atomic E-state index is 13.0. The Morgan fingerprint density at radius 3 is 2.35 bits per heavy atom. The van der Waals surface area contributed by atoms with Crippen LogP contribution in [0.4, 0.5) is 11.4 Å². The van der Waals surface area contributed by atoms with E-state index in [-0.39, 0.29) is 15.6 Å². The van der Waals surface area contributed by atoms with Crippen LogP contribution in [0.25, 0.3) is 0 Å². The second kappa shape index (κ2) is 8.99. The van der Waals surface area contributed by atoms with Crippen LogP contribution in [0, 0.1) is 13.8 Å². The molecule has 1 aromatic heterocycles. The van der Waals surface area contributed by atoms with Gasteiger partial charge in [0, 0.05) is 18.4 Å². The Morgan fingerprint density at radius 2 is 1.77 bits per heavy atom. The Bertz CT molecular complexity index is 1220. The van der Waals surface area contributed by atoms with Gasteiger partial charge in [0.25, 0.3) is 15.9 Å². The lowest BCUT2D eigenvalue weighted by atomic mass is 10.2. The summed E-state index contributed by atoms with van der Waals surface area (Å²) in [5.74, 6) is 0.179. The minimum absolute atomic E-state index is 0.0493. The molecule has 0 atom stereocenters. The van der Waals surface area contributed by atoms with E-state index < -0.39 is 15.9 Å². The van der Waals surface area contributed by atoms with Crippen LogP contribution >= 0.6 is 11.6 Å². The standard InChI is InChI=1S/C21H23ClN4O4S/c1-5-30-17-10-8-15(9-11-17)25-31(28,29)18-12-16(7-6-13(18)2)23-21(27)19-14(3)24-26(4)20(19)22/h6-12,25H,5H2,1-4H3,(H,23,27). The third-order valence-electron chi connectivity index (χ3n) is 4.53. The van der Waals surface area contributed by atoms with Gasteiger partial charge in [0.05, 0.1) is 22.8 Å². The molecule has 2 aromatic carbocycles. The van der Waals surface area contributed by atoms with Gasteiger partial charge >= 0.3 is 0 Å². The molecular formula is C21H23ClN4O4S. The third kappa shape index (κ3) is 5.00. The normalized spacial score (nSPS) is 11.3. The van der Waals surface area contributed by atoms with Crippen molar-refractivity contribution in [2.75, 3.05) is 16.6 Å². The van der Waals surface area contributed by atoms with Crippen molar-refractivity contribution < 1.29 is 17.9 Å². The van der Waals surface area contributed by atoms with Gasteiger partial charge in [-0.05, 0) is 62.7 Å². The minimum atomic E-state index is -3.89. The summed E-state index contributed by atoms with van der Waals surface area (Å²) in [4.78, 5) is 12.7. The van der Waals surface area contributed by atoms with E-state index in [1.807, 2.05) is 6.92 Å². The van der Waals surface area contributed by atoms with Crippen molar-refractivity contribution in [1.29, 1.82) is 0 Å². The number of anilines is 2. The number of hydrogen-bond acceptors (Lipinski definition) is 5. The van der Waals surface area contributed by atoms with Crippen molar-refractivity contribution in [2.45, 2.75) is 25.7 Å². The number of aryl methyl sites for hydroxylation is 3. The summed E-state index contributed by atoms with van der Waals surface area (Å²) in [6.07, 6.45) is 0. The molecule has 0 aliphatic rings. The fourth-order valence-corrected chi connectivity index (χ4v) is 4.64. The molecular weight excluding hydrogens is 440 g/mol. The number of carbonyl (C=O) groups excluding carboxylic acids is 1. The second-order valence-corrected chi connectivity index (χ2v) is 8.88. The van der Waals surface area contributed by atoms with E-state index in [2.05, 4.69) is 15.1 Å². The first-order valence-corrected chi connectivity index (χ1v) is 11.3. The van der Waals surface area contributed by atoms with Gasteiger partial charge in [-0.2, -0.15) is 5.10 Å². The average molecular weight is 463 g/mol. The highest BCUT2D eigenvalue weighted by Crippen LogP contribution is 2.26. The summed E-state index contributed by atoms with van der Waals surface area (Å²) in [6, 6.07) is 11.3. The molecule has 0 saturated carbocycles. The number of nitrogens with one attached hydrogen (secondary N) is 2. The first-order chi connectivity index (χ1) is 14.6. The summed E-state index contributed by atoms with van der Waals surface area (Å²) in [5, 5.41) is 7.01. The smallest absolute Gasteiger partial charge is 0.262 e. The van der Waals surface area contributed by atoms with Crippen LogP contribution in [0.1, 0.15) is 28.5 Å². The van der Waals surface area contributed by atoms with Crippen molar-refractivity contribution >= 4 is 38.9 Å². The lowest BCUT2D eigenvalue weighted by molar-refractivity contribution is 0.102. The van der Waals surface area contributed by atoms with E-state index in [0.717, 1.165) is 0 Å². The zero-order chi connectivity index (χ0) is 22.8. The number of ether oxygens (including phenoxy) is 1. The average Bonchev–Trinajstić information content (AvgIpc) is 2.96. The van der Waals surface area contributed by atoms with E-state index in [0.29, 0.717) is 35.0 Å². The van der Waals surface area contributed by atoms with Gasteiger partial charge in [-0.3, -0.25) is 14.2 Å². The first-order valence-electron chi connectivity index (χ1n) is 9.49. The quantitative estimate of drug-likeness (QED) is 0.549. The predicted molar refractivity (Wildman–Crippen MR) is 121 cm³/mol. The number of amides is 1. The monoisotopic (exact) mass is 462 g/mol. The van der Waals surface area contributed by atoms with Crippen LogP contribution in [-0.2, 0) is 17.1 Å². The maximum Gasteiger partial charge on any atom is 0.262 e. The Labute approximate surface area is 186 Å². The van der Waals surface area contributed by atoms with Gasteiger partial charge in [-0.25, -0.2) is 8.42 Å². The van der Waals surface area contributed by atoms with Crippen molar-refractivity contribution in [2.24, 2.45) is 7.05 Å². The van der Waals surface area contributed by atoms with Gasteiger partial charge in [0.2, 0.25) is 0 Å². The largest absolute Gasteiger partial charge is 0.494 e. The molecule has 8 nitrogen and oxygen atoms in total. The van der Waals surface area contributed by atoms with Gasteiger partial charge < -0.3 is 10.1 Å². The SMILES string of the molecule is CCOc1ccc(NS(=O)(=O)c2cc(NC(=O)c3c(C)nn(C)c3Cl)ccc2C)cc1. The summed E-state index contributed by atoms with van der Waals surface area (Å²) >= 11 is 6.15. The van der Waals surface area contributed by atoms with Crippen molar-refractivity contribution in [3.8, 4) is 5.75 Å². The van der Waals surface area contributed by atoms with Crippen LogP contribution in [0.3, 0.4) is 0 Å². The highest BCUT2D eigenvalue weighted by molar-refractivity contribution is 7.92. The number of benzene rings is 2. The lowest BCUT2D eigenvalue weighted by Gasteiger charge is -2.13.